The summed E-state index contributed by atoms with van der Waals surface area (Å²) < 4.78 is 18.7. The predicted octanol–water partition coefficient (Wildman–Crippen LogP) is 5.11. The van der Waals surface area contributed by atoms with E-state index < -0.39 is 92.0 Å². The number of rotatable bonds is 9. The molecule has 15 heteroatoms. The lowest BCUT2D eigenvalue weighted by Gasteiger charge is -2.65. The van der Waals surface area contributed by atoms with Crippen LogP contribution in [-0.2, 0) is 23.6 Å². The summed E-state index contributed by atoms with van der Waals surface area (Å²) in [6, 6.07) is 0. The number of hydrogen-bond acceptors (Lipinski definition) is 8. The van der Waals surface area contributed by atoms with Crippen molar-refractivity contribution in [1.82, 2.24) is 0 Å². The molecule has 1 aliphatic heterocycles. The van der Waals surface area contributed by atoms with E-state index in [-0.39, 0.29) is 6.61 Å². The molecule has 7 unspecified atom stereocenters. The SMILES string of the molecule is CC(=O)OC(C1C[C@H](O)C(C)=CC1(C)C)C1[C@](C)([C@H](O)C(C)=O)[C@@H](OP(P(P)P)P(P)P)C[C@H]2OC[C@@]12O. The summed E-state index contributed by atoms with van der Waals surface area (Å²) >= 11 is 0. The molecule has 38 heavy (non-hydrogen) atoms. The summed E-state index contributed by atoms with van der Waals surface area (Å²) in [7, 11) is 10.3. The molecular weight excluding hydrogens is 621 g/mol. The monoisotopic (exact) mass is 664 g/mol. The molecule has 0 bridgehead atoms. The fourth-order valence-corrected chi connectivity index (χ4v) is 39.6. The smallest absolute Gasteiger partial charge is 0.302 e. The Balaban J connectivity index is 2.23. The third kappa shape index (κ3) is 6.45. The van der Waals surface area contributed by atoms with Crippen molar-refractivity contribution in [3.8, 4) is 0 Å². The Morgan fingerprint density at radius 3 is 2.16 bits per heavy atom. The van der Waals surface area contributed by atoms with E-state index in [0.717, 1.165) is 5.57 Å². The van der Waals surface area contributed by atoms with Gasteiger partial charge in [0.1, 0.15) is 17.8 Å². The molecule has 3 N–H and O–H groups in total. The van der Waals surface area contributed by atoms with Gasteiger partial charge in [-0.25, -0.2) is 0 Å². The van der Waals surface area contributed by atoms with E-state index in [1.165, 1.54) is 13.8 Å². The highest BCUT2D eigenvalue weighted by atomic mass is 33.0. The molecule has 1 saturated heterocycles. The topological polar surface area (TPSA) is 123 Å². The van der Waals surface area contributed by atoms with Gasteiger partial charge < -0.3 is 29.3 Å². The minimum absolute atomic E-state index is 0.00764. The minimum Gasteiger partial charge on any atom is -0.462 e. The van der Waals surface area contributed by atoms with Gasteiger partial charge in [0, 0.05) is 30.6 Å². The van der Waals surface area contributed by atoms with E-state index in [1.54, 1.807) is 6.92 Å². The molecule has 0 spiro atoms. The first kappa shape index (κ1) is 34.2. The third-order valence-electron chi connectivity index (χ3n) is 8.58. The van der Waals surface area contributed by atoms with Crippen LogP contribution in [-0.4, -0.2) is 69.8 Å². The van der Waals surface area contributed by atoms with Crippen LogP contribution in [0.5, 0.6) is 0 Å². The van der Waals surface area contributed by atoms with E-state index >= 15 is 0 Å². The number of aliphatic hydroxyl groups is 3. The molecule has 0 radical (unpaired) electrons. The minimum atomic E-state index is -1.48. The maximum Gasteiger partial charge on any atom is 0.302 e. The van der Waals surface area contributed by atoms with Gasteiger partial charge in [-0.3, -0.25) is 9.59 Å². The molecule has 0 aromatic rings. The molecule has 1 heterocycles. The molecule has 218 valence electrons. The Kier molecular flexibility index (Phi) is 11.5. The summed E-state index contributed by atoms with van der Waals surface area (Å²) in [4.78, 5) is 25.5. The van der Waals surface area contributed by atoms with Crippen molar-refractivity contribution in [1.29, 1.82) is 0 Å². The van der Waals surface area contributed by atoms with Gasteiger partial charge in [0.05, 0.1) is 32.4 Å². The molecule has 0 amide bonds. The fraction of sp³-hybridized carbons (Fsp3) is 0.826. The first-order valence-corrected chi connectivity index (χ1v) is 24.3. The van der Waals surface area contributed by atoms with Crippen LogP contribution in [0.1, 0.15) is 54.4 Å². The quantitative estimate of drug-likeness (QED) is 0.177. The lowest BCUT2D eigenvalue weighted by atomic mass is 9.49. The molecule has 13 atom stereocenters. The summed E-state index contributed by atoms with van der Waals surface area (Å²) in [6.07, 6.45) is -1.79. The summed E-state index contributed by atoms with van der Waals surface area (Å²) in [5.74, 6) is -2.28. The van der Waals surface area contributed by atoms with Crippen molar-refractivity contribution in [2.75, 3.05) is 6.61 Å². The molecule has 3 rings (SSSR count). The molecule has 2 fully saturated rings. The first-order chi connectivity index (χ1) is 17.4. The van der Waals surface area contributed by atoms with Crippen molar-refractivity contribution in [3.63, 3.8) is 0 Å². The predicted molar refractivity (Wildman–Crippen MR) is 169 cm³/mol. The normalized spacial score (nSPS) is 38.3. The zero-order valence-electron chi connectivity index (χ0n) is 22.8. The van der Waals surface area contributed by atoms with Gasteiger partial charge in [0.25, 0.3) is 0 Å². The average Bonchev–Trinajstić information content (AvgIpc) is 2.77. The van der Waals surface area contributed by atoms with E-state index in [1.807, 2.05) is 26.8 Å². The van der Waals surface area contributed by atoms with Crippen molar-refractivity contribution < 1.29 is 38.9 Å². The zero-order valence-corrected chi connectivity index (χ0v) is 30.1. The van der Waals surface area contributed by atoms with Gasteiger partial charge in [0.15, 0.2) is 5.78 Å². The Morgan fingerprint density at radius 1 is 1.13 bits per heavy atom. The van der Waals surface area contributed by atoms with Crippen LogP contribution in [0.15, 0.2) is 11.6 Å². The number of Topliss-reactive ketones (excluding diaryl/α,β-unsaturated/α-hetero) is 1. The fourth-order valence-electron chi connectivity index (χ4n) is 6.69. The van der Waals surface area contributed by atoms with Crippen LogP contribution in [0.3, 0.4) is 0 Å². The maximum absolute atomic E-state index is 12.9. The highest BCUT2D eigenvalue weighted by Crippen LogP contribution is 2.98. The lowest BCUT2D eigenvalue weighted by molar-refractivity contribution is -0.342. The van der Waals surface area contributed by atoms with Crippen LogP contribution in [0, 0.1) is 22.7 Å². The third-order valence-corrected chi connectivity index (χ3v) is 31.0. The number of hydrogen-bond donors (Lipinski definition) is 3. The lowest BCUT2D eigenvalue weighted by Crippen LogP contribution is -2.77. The molecule has 3 aliphatic rings. The number of ketones is 1. The Hall–Kier alpha value is 1.69. The highest BCUT2D eigenvalue weighted by molar-refractivity contribution is 8.96. The Morgan fingerprint density at radius 2 is 1.71 bits per heavy atom. The summed E-state index contributed by atoms with van der Waals surface area (Å²) in [5.41, 5.74) is -2.43. The molecule has 0 aromatic heterocycles. The Labute approximate surface area is 238 Å². The van der Waals surface area contributed by atoms with Gasteiger partial charge in [-0.2, -0.15) is 0 Å². The van der Waals surface area contributed by atoms with Crippen LogP contribution in [0.25, 0.3) is 0 Å². The number of ether oxygens (including phenoxy) is 2. The van der Waals surface area contributed by atoms with Gasteiger partial charge in [0.2, 0.25) is 0 Å². The second kappa shape index (κ2) is 12.7. The van der Waals surface area contributed by atoms with Crippen LogP contribution >= 0.6 is 57.2 Å². The van der Waals surface area contributed by atoms with Gasteiger partial charge in [-0.15, -0.1) is 35.7 Å². The number of aliphatic hydroxyl groups excluding tert-OH is 2. The van der Waals surface area contributed by atoms with Crippen molar-refractivity contribution >= 4 is 69.0 Å². The van der Waals surface area contributed by atoms with Crippen molar-refractivity contribution in [2.24, 2.45) is 22.7 Å². The summed E-state index contributed by atoms with van der Waals surface area (Å²) in [5, 5.41) is 34.6. The van der Waals surface area contributed by atoms with E-state index in [9.17, 15) is 24.9 Å². The molecule has 0 aromatic carbocycles. The summed E-state index contributed by atoms with van der Waals surface area (Å²) in [6.45, 7) is 9.05. The number of carbonyl (C=O) groups is 2. The van der Waals surface area contributed by atoms with Crippen LogP contribution < -0.4 is 0 Å². The largest absolute Gasteiger partial charge is 0.462 e. The molecular formula is C23H43O8P7. The van der Waals surface area contributed by atoms with Gasteiger partial charge in [-0.1, -0.05) is 26.8 Å². The number of esters is 1. The van der Waals surface area contributed by atoms with E-state index in [4.69, 9.17) is 14.0 Å². The average molecular weight is 664 g/mol. The second-order valence-corrected chi connectivity index (χ2v) is 35.2. The second-order valence-electron chi connectivity index (χ2n) is 11.6. The van der Waals surface area contributed by atoms with E-state index in [2.05, 4.69) is 35.7 Å². The number of fused-ring (bicyclic) bond motifs is 1. The van der Waals surface area contributed by atoms with Gasteiger partial charge >= 0.3 is 5.97 Å². The number of carbonyl (C=O) groups excluding carboxylic acids is 2. The maximum atomic E-state index is 12.9. The zero-order chi connectivity index (χ0) is 29.0. The standard InChI is InChI=1S/C23H43O8P7/c1-11-9-21(4,5)14(7-15(11)26)18(30-13(3)25)19-22(6,20(27)12(2)24)16(8-17-23(19,28)10-29-17)31-36(37(32)33)38(34)35/h9,14-20,26-28H,7-8,10,32-35H2,1-6H3/t14?,15-,16-,17+,18?,19?,20+,22+,23-/m0/s1. The van der Waals surface area contributed by atoms with Gasteiger partial charge in [-0.05, 0) is 45.2 Å². The van der Waals surface area contributed by atoms with E-state index in [0.29, 0.717) is 12.8 Å². The van der Waals surface area contributed by atoms with Crippen molar-refractivity contribution in [2.45, 2.75) is 90.5 Å². The number of allylic oxidation sites excluding steroid dienone is 1. The molecule has 2 aliphatic carbocycles. The van der Waals surface area contributed by atoms with Crippen LogP contribution in [0.2, 0.25) is 0 Å². The molecule has 8 nitrogen and oxygen atoms in total. The highest BCUT2D eigenvalue weighted by Gasteiger charge is 2.71. The van der Waals surface area contributed by atoms with Crippen LogP contribution in [0.4, 0.5) is 0 Å². The van der Waals surface area contributed by atoms with Crippen molar-refractivity contribution in [3.05, 3.63) is 11.6 Å². The first-order valence-electron chi connectivity index (χ1n) is 12.5. The molecule has 1 saturated carbocycles. The Bertz CT molecular complexity index is 941.